The Hall–Kier alpha value is 0.640. The second kappa shape index (κ2) is 6.82. The van der Waals surface area contributed by atoms with E-state index in [2.05, 4.69) is 55.1 Å². The summed E-state index contributed by atoms with van der Waals surface area (Å²) in [7, 11) is 0. The van der Waals surface area contributed by atoms with Gasteiger partial charge in [0.2, 0.25) is 0 Å². The van der Waals surface area contributed by atoms with Crippen molar-refractivity contribution in [3.63, 3.8) is 0 Å². The molecule has 2 aliphatic carbocycles. The Morgan fingerprint density at radius 1 is 1.15 bits per heavy atom. The summed E-state index contributed by atoms with van der Waals surface area (Å²) in [6, 6.07) is 0. The number of allylic oxidation sites excluding steroid dienone is 8. The average Bonchev–Trinajstić information content (AvgIpc) is 2.84. The van der Waals surface area contributed by atoms with Crippen LogP contribution >= 0.6 is 24.8 Å². The average molecular weight is 411 g/mol. The maximum absolute atomic E-state index is 2.80. The first-order valence-electron chi connectivity index (χ1n) is 7.08. The van der Waals surface area contributed by atoms with Gasteiger partial charge in [0.25, 0.3) is 0 Å². The number of halogens is 2. The summed E-state index contributed by atoms with van der Waals surface area (Å²) in [5, 5.41) is 0. The fraction of sp³-hybridized carbons (Fsp3) is 0.500. The molecule has 0 aliphatic heterocycles. The molecule has 2 rings (SSSR count). The van der Waals surface area contributed by atoms with Crippen molar-refractivity contribution in [3.05, 3.63) is 41.5 Å². The van der Waals surface area contributed by atoms with Gasteiger partial charge in [-0.25, -0.2) is 0 Å². The van der Waals surface area contributed by atoms with Gasteiger partial charge in [0.15, 0.2) is 0 Å². The summed E-state index contributed by atoms with van der Waals surface area (Å²) in [6.07, 6.45) is 11.1. The maximum Gasteiger partial charge on any atom is -0.147 e. The second-order valence-corrected chi connectivity index (χ2v) is 35.8. The Kier molecular flexibility index (Phi) is 7.03. The van der Waals surface area contributed by atoms with E-state index in [1.807, 2.05) is 3.28 Å². The minimum absolute atomic E-state index is 0. The van der Waals surface area contributed by atoms with Crippen molar-refractivity contribution in [3.8, 4) is 0 Å². The Morgan fingerprint density at radius 2 is 1.75 bits per heavy atom. The molecule has 0 saturated carbocycles. The van der Waals surface area contributed by atoms with Crippen LogP contribution in [0, 0.1) is 0 Å². The van der Waals surface area contributed by atoms with Crippen LogP contribution in [0.1, 0.15) is 40.0 Å². The van der Waals surface area contributed by atoms with E-state index in [9.17, 15) is 0 Å². The third kappa shape index (κ3) is 3.69. The summed E-state index contributed by atoms with van der Waals surface area (Å²) in [6.45, 7) is 9.24. The van der Waals surface area contributed by atoms with Crippen LogP contribution in [0.5, 0.6) is 0 Å². The molecule has 2 aliphatic rings. The molecule has 0 nitrogen and oxygen atoms in total. The van der Waals surface area contributed by atoms with Crippen molar-refractivity contribution in [2.24, 2.45) is 0 Å². The molecule has 4 heteroatoms. The van der Waals surface area contributed by atoms with Crippen LogP contribution in [0.2, 0.25) is 9.26 Å². The Labute approximate surface area is 139 Å². The molecule has 0 heterocycles. The van der Waals surface area contributed by atoms with E-state index in [-0.39, 0.29) is 24.8 Å². The molecule has 0 aromatic carbocycles. The van der Waals surface area contributed by atoms with Crippen molar-refractivity contribution in [1.29, 1.82) is 0 Å². The molecule has 0 atom stereocenters. The van der Waals surface area contributed by atoms with Crippen LogP contribution in [-0.2, 0) is 17.4 Å². The fourth-order valence-electron chi connectivity index (χ4n) is 3.42. The van der Waals surface area contributed by atoms with Crippen molar-refractivity contribution in [2.75, 3.05) is 0 Å². The van der Waals surface area contributed by atoms with Crippen LogP contribution in [0.3, 0.4) is 0 Å². The molecule has 0 amide bonds. The monoisotopic (exact) mass is 408 g/mol. The van der Waals surface area contributed by atoms with Gasteiger partial charge in [-0.2, -0.15) is 0 Å². The SMILES string of the molecule is CCC1=CC[C]([Zr]([CH3])([CH3])(=[SiH2])[C]2=C(C)C=C(C)C2)=C1.Cl.Cl. The quantitative estimate of drug-likeness (QED) is 0.546. The van der Waals surface area contributed by atoms with Crippen LogP contribution in [-0.4, -0.2) is 6.88 Å². The molecule has 20 heavy (non-hydrogen) atoms. The summed E-state index contributed by atoms with van der Waals surface area (Å²) < 4.78 is 8.88. The van der Waals surface area contributed by atoms with Gasteiger partial charge < -0.3 is 0 Å². The van der Waals surface area contributed by atoms with Crippen LogP contribution in [0.4, 0.5) is 0 Å². The summed E-state index contributed by atoms with van der Waals surface area (Å²) in [5.41, 5.74) is 4.69. The van der Waals surface area contributed by atoms with Gasteiger partial charge in [0.05, 0.1) is 0 Å². The smallest absolute Gasteiger partial charge is 0.147 e. The minimum atomic E-state index is -2.80. The summed E-state index contributed by atoms with van der Waals surface area (Å²) in [4.78, 5) is 0. The van der Waals surface area contributed by atoms with Gasteiger partial charge in [-0.05, 0) is 0 Å². The van der Waals surface area contributed by atoms with E-state index in [1.165, 1.54) is 19.3 Å². The molecule has 0 radical (unpaired) electrons. The van der Waals surface area contributed by atoms with Gasteiger partial charge >= 0.3 is 115 Å². The van der Waals surface area contributed by atoms with E-state index in [0.29, 0.717) is 0 Å². The largest absolute Gasteiger partial charge is 0.147 e. The first-order chi connectivity index (χ1) is 8.23. The fourth-order valence-corrected chi connectivity index (χ4v) is 17.0. The van der Waals surface area contributed by atoms with Gasteiger partial charge in [-0.15, -0.1) is 24.8 Å². The minimum Gasteiger partial charge on any atom is -0.147 e. The first kappa shape index (κ1) is 20.6. The Balaban J connectivity index is 0.00000180. The van der Waals surface area contributed by atoms with Gasteiger partial charge in [0.1, 0.15) is 0 Å². The molecular weight excluding hydrogens is 382 g/mol. The molecular formula is C16H28Cl2SiZr. The molecule has 0 aromatic rings. The molecule has 0 aromatic heterocycles. The number of rotatable bonds is 3. The molecule has 0 bridgehead atoms. The van der Waals surface area contributed by atoms with E-state index in [4.69, 9.17) is 0 Å². The topological polar surface area (TPSA) is 0 Å². The number of hydrogen-bond acceptors (Lipinski definition) is 0. The number of hydrogen-bond donors (Lipinski definition) is 0. The predicted molar refractivity (Wildman–Crippen MR) is 96.9 cm³/mol. The maximum atomic E-state index is 2.63. The first-order valence-corrected chi connectivity index (χ1v) is 20.4. The third-order valence-electron chi connectivity index (χ3n) is 4.74. The zero-order chi connectivity index (χ0) is 13.6. The van der Waals surface area contributed by atoms with E-state index in [1.54, 1.807) is 20.0 Å². The van der Waals surface area contributed by atoms with E-state index in [0.717, 1.165) is 0 Å². The zero-order valence-electron chi connectivity index (χ0n) is 13.4. The molecule has 0 spiro atoms. The Morgan fingerprint density at radius 3 is 2.15 bits per heavy atom. The van der Waals surface area contributed by atoms with Crippen molar-refractivity contribution in [1.82, 2.24) is 0 Å². The van der Waals surface area contributed by atoms with E-state index < -0.39 is 17.4 Å². The van der Waals surface area contributed by atoms with Gasteiger partial charge in [0, 0.05) is 0 Å². The molecule has 114 valence electrons. The second-order valence-electron chi connectivity index (χ2n) is 7.02. The normalized spacial score (nSPS) is 19.0. The molecule has 0 N–H and O–H groups in total. The van der Waals surface area contributed by atoms with Crippen LogP contribution < -0.4 is 0 Å². The summed E-state index contributed by atoms with van der Waals surface area (Å²) in [5.74, 6) is 0. The zero-order valence-corrected chi connectivity index (χ0v) is 18.9. The Bertz CT molecular complexity index is 586. The predicted octanol–water partition coefficient (Wildman–Crippen LogP) is 5.41. The van der Waals surface area contributed by atoms with Crippen molar-refractivity contribution in [2.45, 2.75) is 49.3 Å². The van der Waals surface area contributed by atoms with E-state index >= 15 is 0 Å². The van der Waals surface area contributed by atoms with Crippen molar-refractivity contribution >= 4 is 31.7 Å². The molecule has 0 unspecified atom stereocenters. The molecule has 0 saturated heterocycles. The molecule has 0 fully saturated rings. The van der Waals surface area contributed by atoms with Crippen LogP contribution in [0.15, 0.2) is 41.5 Å². The standard InChI is InChI=1S/2C7H9.2CH3.2ClH.H2Si.Zr/c1-6-3-4-7(2)5-6;1-2-7-5-3-4-6-7;;;;;;/h5H,3H2,1-2H3;5-6H,2-3H2,1H3;2*1H3;2*1H;1H2;. The van der Waals surface area contributed by atoms with Gasteiger partial charge in [-0.1, -0.05) is 0 Å². The third-order valence-corrected chi connectivity index (χ3v) is 22.0. The van der Waals surface area contributed by atoms with Crippen LogP contribution in [0.25, 0.3) is 0 Å². The van der Waals surface area contributed by atoms with Gasteiger partial charge in [-0.3, -0.25) is 0 Å². The van der Waals surface area contributed by atoms with Crippen molar-refractivity contribution < 1.29 is 17.4 Å². The summed E-state index contributed by atoms with van der Waals surface area (Å²) >= 11 is -2.80.